The fourth-order valence-electron chi connectivity index (χ4n) is 6.48. The Morgan fingerprint density at radius 2 is 1.70 bits per heavy atom. The molecule has 31 heteroatoms. The zero-order valence-electron chi connectivity index (χ0n) is 38.2. The van der Waals surface area contributed by atoms with Crippen molar-refractivity contribution in [1.82, 2.24) is 25.2 Å². The van der Waals surface area contributed by atoms with Gasteiger partial charge in [-0.1, -0.05) is 18.1 Å². The van der Waals surface area contributed by atoms with Crippen molar-refractivity contribution in [3.05, 3.63) is 105 Å². The summed E-state index contributed by atoms with van der Waals surface area (Å²) in [6.45, 7) is 4.19. The number of nitrogens with two attached hydrogens (primary N) is 1. The predicted molar refractivity (Wildman–Crippen MR) is 241 cm³/mol. The first-order valence-electron chi connectivity index (χ1n) is 20.4. The summed E-state index contributed by atoms with van der Waals surface area (Å²) < 4.78 is 102. The number of amides is 2. The lowest BCUT2D eigenvalue weighted by Gasteiger charge is -2.23. The van der Waals surface area contributed by atoms with Crippen molar-refractivity contribution in [3.63, 3.8) is 0 Å². The number of nitro groups is 1. The lowest BCUT2D eigenvalue weighted by Crippen LogP contribution is -2.36. The van der Waals surface area contributed by atoms with Gasteiger partial charge in [0, 0.05) is 41.4 Å². The summed E-state index contributed by atoms with van der Waals surface area (Å²) in [7, 11) is 0.362. The number of carbonyl (C=O) groups is 2. The van der Waals surface area contributed by atoms with Crippen molar-refractivity contribution >= 4 is 53.9 Å². The summed E-state index contributed by atoms with van der Waals surface area (Å²) in [5.41, 5.74) is 15.5. The molecular weight excluding hydrogens is 1000 g/mol. The molecule has 0 aliphatic carbocycles. The molecule has 7 rings (SSSR count). The average Bonchev–Trinajstić information content (AvgIpc) is 4.13. The Kier molecular flexibility index (Phi) is 23.1. The van der Waals surface area contributed by atoms with Gasteiger partial charge >= 0.3 is 6.03 Å². The number of rotatable bonds is 15. The number of aliphatic hydroxyl groups excluding tert-OH is 2. The minimum atomic E-state index is -4.47. The fourth-order valence-corrected chi connectivity index (χ4v) is 8.46. The number of methoxy groups -OCH3 is 3. The van der Waals surface area contributed by atoms with Gasteiger partial charge in [0.1, 0.15) is 35.4 Å². The van der Waals surface area contributed by atoms with Crippen LogP contribution in [-0.4, -0.2) is 124 Å². The molecule has 2 amide bonds. The van der Waals surface area contributed by atoms with Gasteiger partial charge in [0.2, 0.25) is 29.1 Å². The number of urea groups is 1. The SMILES string of the molecule is C=COC.CC(=O)C(CCC[C@@H]1SC[C@@H]2NC(=O)N[C@@H]21)N=[N+]=[N-].COP(=O)([O-])OC[C@H]1O[C@@H](n2cnc3c(N)ccnc32)[C@@H](O)C1O.COc1c(F)c(F)c(F)c(F)c1F.COc1ccc([N+](=O)[O-])cc1. The highest BCUT2D eigenvalue weighted by atomic mass is 32.2. The van der Waals surface area contributed by atoms with Crippen molar-refractivity contribution in [2.24, 2.45) is 5.11 Å². The lowest BCUT2D eigenvalue weighted by atomic mass is 10.0. The Morgan fingerprint density at radius 1 is 1.08 bits per heavy atom. The van der Waals surface area contributed by atoms with Crippen LogP contribution in [0.3, 0.4) is 0 Å². The van der Waals surface area contributed by atoms with E-state index in [1.54, 1.807) is 25.3 Å². The molecule has 0 bridgehead atoms. The van der Waals surface area contributed by atoms with E-state index in [1.807, 2.05) is 11.8 Å². The number of fused-ring (bicyclic) bond motifs is 2. The number of pyridine rings is 1. The Labute approximate surface area is 405 Å². The summed E-state index contributed by atoms with van der Waals surface area (Å²) in [5.74, 6) is -10.0. The van der Waals surface area contributed by atoms with Gasteiger partial charge < -0.3 is 59.5 Å². The first-order chi connectivity index (χ1) is 33.6. The normalized spacial score (nSPS) is 21.7. The number of hydrogen-bond acceptors (Lipinski definition) is 19. The number of nitro benzene ring substituents is 1. The number of nitrogens with zero attached hydrogens (tertiary/aromatic N) is 7. The number of benzene rings is 2. The highest BCUT2D eigenvalue weighted by Gasteiger charge is 2.45. The van der Waals surface area contributed by atoms with Gasteiger partial charge in [-0.15, -0.1) is 0 Å². The van der Waals surface area contributed by atoms with Crippen LogP contribution in [0.4, 0.5) is 38.1 Å². The third kappa shape index (κ3) is 16.1. The third-order valence-electron chi connectivity index (χ3n) is 10.1. The van der Waals surface area contributed by atoms with Gasteiger partial charge in [0.25, 0.3) is 13.5 Å². The number of phosphoric ester groups is 1. The topological polar surface area (TPSA) is 343 Å². The number of ether oxygens (including phenoxy) is 4. The van der Waals surface area contributed by atoms with E-state index in [2.05, 4.69) is 55.7 Å². The molecule has 6 N–H and O–H groups in total. The largest absolute Gasteiger partial charge is 0.756 e. The van der Waals surface area contributed by atoms with Gasteiger partial charge in [-0.3, -0.25) is 24.0 Å². The third-order valence-corrected chi connectivity index (χ3v) is 12.5. The number of imidazole rings is 1. The van der Waals surface area contributed by atoms with Crippen LogP contribution in [-0.2, 0) is 27.9 Å². The van der Waals surface area contributed by atoms with E-state index >= 15 is 0 Å². The summed E-state index contributed by atoms with van der Waals surface area (Å²) in [6, 6.07) is 7.26. The monoisotopic (exact) mass is 1050 g/mol. The average molecular weight is 1050 g/mol. The molecule has 390 valence electrons. The molecule has 24 nitrogen and oxygen atoms in total. The quantitative estimate of drug-likeness (QED) is 0.00881. The number of carbonyl (C=O) groups excluding carboxylic acids is 2. The number of anilines is 1. The number of nitrogen functional groups attached to an aromatic ring is 1. The minimum Gasteiger partial charge on any atom is -0.756 e. The van der Waals surface area contributed by atoms with Gasteiger partial charge in [0.15, 0.2) is 17.6 Å². The number of nitrogens with one attached hydrogen (secondary N) is 2. The number of hydrogen-bond donors (Lipinski definition) is 5. The summed E-state index contributed by atoms with van der Waals surface area (Å²) in [6.07, 6.45) is 1.71. The number of phosphoric acid groups is 1. The van der Waals surface area contributed by atoms with Gasteiger partial charge in [0.05, 0.1) is 69.3 Å². The maximum Gasteiger partial charge on any atom is 0.315 e. The molecule has 0 saturated carbocycles. The molecule has 3 aliphatic rings. The van der Waals surface area contributed by atoms with Crippen molar-refractivity contribution < 1.29 is 84.1 Å². The standard InChI is InChI=1S/C12H17N4O7P.C11H17N5O2S.C7H3F5O.C7H7NO3.C3H6O/c1-21-24(19,20)22-4-7-9(17)10(18)12(23-7)16-5-15-8-6(13)2-3-14-11(8)16;1-6(17)7(15-16-12)3-2-4-9-10-8(5-19-9)13-11(18)14-10;1-13-7-5(11)3(9)2(8)4(10)6(7)12;1-11-7-4-2-6(3-5-7)8(9)10;1-3-4-2/h2-3,5,7,9-10,12,17-18H,4H2,1H3,(H2,13,14)(H,19,20);7-10H,2-5H2,1H3,(H2,13,14,18);1H3;2-5H,1H3;3H,1H2,2H3/p-1/t7-,9?,10+,12-;7?,8-,9-,10-;;;/m10.../s1. The number of azide groups is 1. The molecule has 3 fully saturated rings. The molecule has 3 saturated heterocycles. The van der Waals surface area contributed by atoms with E-state index in [4.69, 9.17) is 20.7 Å². The number of aromatic nitrogens is 3. The molecule has 2 aromatic heterocycles. The second-order valence-electron chi connectivity index (χ2n) is 14.5. The van der Waals surface area contributed by atoms with Crippen LogP contribution in [0.2, 0.25) is 0 Å². The maximum atomic E-state index is 12.6. The van der Waals surface area contributed by atoms with Crippen LogP contribution in [0, 0.1) is 39.2 Å². The minimum absolute atomic E-state index is 0.0748. The van der Waals surface area contributed by atoms with Crippen LogP contribution in [0.15, 0.2) is 60.8 Å². The van der Waals surface area contributed by atoms with Crippen molar-refractivity contribution in [2.75, 3.05) is 46.5 Å². The second kappa shape index (κ2) is 27.9. The molecule has 4 aromatic rings. The van der Waals surface area contributed by atoms with E-state index in [-0.39, 0.29) is 29.6 Å². The summed E-state index contributed by atoms with van der Waals surface area (Å²) in [5, 5.41) is 40.1. The summed E-state index contributed by atoms with van der Waals surface area (Å²) >= 11 is 1.84. The zero-order valence-corrected chi connectivity index (χ0v) is 39.9. The molecular formula is C40H49F5N10O14PS-. The van der Waals surface area contributed by atoms with Crippen LogP contribution in [0.1, 0.15) is 32.4 Å². The zero-order chi connectivity index (χ0) is 53.2. The van der Waals surface area contributed by atoms with Gasteiger partial charge in [-0.05, 0) is 43.5 Å². The van der Waals surface area contributed by atoms with Crippen LogP contribution >= 0.6 is 19.6 Å². The Morgan fingerprint density at radius 3 is 2.24 bits per heavy atom. The number of thioether (sulfide) groups is 1. The smallest absolute Gasteiger partial charge is 0.315 e. The van der Waals surface area contributed by atoms with Gasteiger partial charge in [-0.25, -0.2) is 27.9 Å². The van der Waals surface area contributed by atoms with E-state index in [1.165, 1.54) is 49.5 Å². The van der Waals surface area contributed by atoms with Crippen molar-refractivity contribution in [1.29, 1.82) is 0 Å². The van der Waals surface area contributed by atoms with Crippen molar-refractivity contribution in [3.8, 4) is 11.5 Å². The molecule has 3 unspecified atom stereocenters. The van der Waals surface area contributed by atoms with E-state index in [0.717, 1.165) is 32.8 Å². The Bertz CT molecular complexity index is 2520. The first-order valence-corrected chi connectivity index (χ1v) is 22.9. The maximum absolute atomic E-state index is 12.6. The Balaban J connectivity index is 0.000000254. The molecule has 0 spiro atoms. The van der Waals surface area contributed by atoms with E-state index in [0.29, 0.717) is 34.3 Å². The van der Waals surface area contributed by atoms with Crippen LogP contribution < -0.4 is 30.7 Å². The van der Waals surface area contributed by atoms with Crippen LogP contribution in [0.25, 0.3) is 21.6 Å². The summed E-state index contributed by atoms with van der Waals surface area (Å²) in [4.78, 5) is 54.3. The highest BCUT2D eigenvalue weighted by molar-refractivity contribution is 8.00. The highest BCUT2D eigenvalue weighted by Crippen LogP contribution is 2.40. The number of halogens is 5. The number of aliphatic hydroxyl groups is 2. The molecule has 5 heterocycles. The molecule has 2 aromatic carbocycles. The molecule has 0 radical (unpaired) electrons. The Hall–Kier alpha value is -6.36. The number of Topliss-reactive ketones (excluding diaryl/α,β-unsaturated/α-hetero) is 1. The first kappa shape index (κ1) is 59.0. The van der Waals surface area contributed by atoms with Gasteiger partial charge in [-0.2, -0.15) is 20.5 Å². The molecule has 9 atom stereocenters. The van der Waals surface area contributed by atoms with E-state index < -0.39 is 84.8 Å². The fraction of sp³-hybridized carbons (Fsp3) is 0.450. The molecule has 71 heavy (non-hydrogen) atoms. The number of ketones is 1. The van der Waals surface area contributed by atoms with E-state index in [9.17, 15) is 61.3 Å². The van der Waals surface area contributed by atoms with Crippen molar-refractivity contribution in [2.45, 2.75) is 74.1 Å². The predicted octanol–water partition coefficient (Wildman–Crippen LogP) is 5.12. The lowest BCUT2D eigenvalue weighted by molar-refractivity contribution is -0.384. The van der Waals surface area contributed by atoms with Crippen LogP contribution in [0.5, 0.6) is 11.5 Å². The number of non-ortho nitro benzene ring substituents is 1. The molecule has 3 aliphatic heterocycles. The second-order valence-corrected chi connectivity index (χ2v) is 17.3.